The number of hydrogen-bond donors (Lipinski definition) is 4. The van der Waals surface area contributed by atoms with E-state index in [0.29, 0.717) is 0 Å². The van der Waals surface area contributed by atoms with E-state index in [1.54, 1.807) is 0 Å². The molecular weight excluding hydrogens is 248 g/mol. The number of aliphatic carboxylic acids is 1. The Morgan fingerprint density at radius 2 is 2.05 bits per heavy atom. The summed E-state index contributed by atoms with van der Waals surface area (Å²) in [6, 6.07) is 0. The fourth-order valence-electron chi connectivity index (χ4n) is 2.98. The zero-order valence-electron chi connectivity index (χ0n) is 11.2. The van der Waals surface area contributed by atoms with Crippen molar-refractivity contribution in [1.29, 1.82) is 0 Å². The Kier molecular flexibility index (Phi) is 3.82. The molecule has 6 heteroatoms. The van der Waals surface area contributed by atoms with Crippen LogP contribution in [0.2, 0.25) is 0 Å². The van der Waals surface area contributed by atoms with Crippen molar-refractivity contribution in [2.45, 2.75) is 38.2 Å². The fourth-order valence-corrected chi connectivity index (χ4v) is 2.98. The first-order valence-corrected chi connectivity index (χ1v) is 6.77. The average molecular weight is 270 g/mol. The minimum absolute atomic E-state index is 0.0109. The van der Waals surface area contributed by atoms with Gasteiger partial charge in [0.2, 0.25) is 5.91 Å². The number of amides is 1. The third-order valence-corrected chi connectivity index (χ3v) is 4.28. The van der Waals surface area contributed by atoms with E-state index >= 15 is 0 Å². The highest BCUT2D eigenvalue weighted by Gasteiger charge is 2.57. The highest BCUT2D eigenvalue weighted by molar-refractivity contribution is 5.82. The molecule has 108 valence electrons. The molecule has 0 aromatic carbocycles. The molecule has 2 fully saturated rings. The minimum Gasteiger partial charge on any atom is -0.481 e. The molecule has 0 aromatic rings. The van der Waals surface area contributed by atoms with Crippen LogP contribution in [0.5, 0.6) is 0 Å². The van der Waals surface area contributed by atoms with E-state index in [9.17, 15) is 14.7 Å². The first-order chi connectivity index (χ1) is 8.85. The van der Waals surface area contributed by atoms with Crippen molar-refractivity contribution < 1.29 is 19.8 Å². The highest BCUT2D eigenvalue weighted by Crippen LogP contribution is 2.58. The lowest BCUT2D eigenvalue weighted by atomic mass is 9.91. The van der Waals surface area contributed by atoms with Crippen LogP contribution in [-0.4, -0.2) is 47.3 Å². The molecule has 19 heavy (non-hydrogen) atoms. The van der Waals surface area contributed by atoms with Gasteiger partial charge >= 0.3 is 5.97 Å². The number of carboxylic acids is 1. The van der Waals surface area contributed by atoms with Crippen LogP contribution in [0, 0.1) is 11.3 Å². The Hall–Kier alpha value is -1.14. The summed E-state index contributed by atoms with van der Waals surface area (Å²) in [5.74, 6) is -1.08. The first kappa shape index (κ1) is 14.3. The lowest BCUT2D eigenvalue weighted by Gasteiger charge is -2.24. The van der Waals surface area contributed by atoms with E-state index < -0.39 is 11.6 Å². The van der Waals surface area contributed by atoms with Gasteiger partial charge in [-0.25, -0.2) is 0 Å². The standard InChI is InChI=1S/C13H22N2O4/c1-12(19,7-10(16)17)8-15-11(18)9-6-13(9)2-4-14-5-3-13/h9,14,19H,2-8H2,1H3,(H,15,18)(H,16,17). The van der Waals surface area contributed by atoms with Gasteiger partial charge in [-0.1, -0.05) is 0 Å². The molecule has 6 nitrogen and oxygen atoms in total. The zero-order chi connectivity index (χ0) is 14.1. The Balaban J connectivity index is 1.78. The molecule has 1 saturated heterocycles. The molecule has 4 N–H and O–H groups in total. The van der Waals surface area contributed by atoms with Gasteiger partial charge in [-0.3, -0.25) is 9.59 Å². The molecule has 1 amide bonds. The second-order valence-electron chi connectivity index (χ2n) is 6.15. The van der Waals surface area contributed by atoms with Gasteiger partial charge in [-0.15, -0.1) is 0 Å². The van der Waals surface area contributed by atoms with E-state index in [1.165, 1.54) is 6.92 Å². The molecule has 1 aliphatic heterocycles. The van der Waals surface area contributed by atoms with Crippen molar-refractivity contribution in [2.24, 2.45) is 11.3 Å². The molecule has 2 atom stereocenters. The number of rotatable bonds is 5. The Morgan fingerprint density at radius 3 is 2.63 bits per heavy atom. The van der Waals surface area contributed by atoms with Crippen molar-refractivity contribution in [2.75, 3.05) is 19.6 Å². The summed E-state index contributed by atoms with van der Waals surface area (Å²) in [5, 5.41) is 24.5. The zero-order valence-corrected chi connectivity index (χ0v) is 11.2. The van der Waals surface area contributed by atoms with Crippen LogP contribution in [0.15, 0.2) is 0 Å². The van der Waals surface area contributed by atoms with E-state index in [-0.39, 0.29) is 30.2 Å². The molecule has 2 aliphatic rings. The number of carbonyl (C=O) groups is 2. The predicted octanol–water partition coefficient (Wildman–Crippen LogP) is -0.282. The van der Waals surface area contributed by atoms with Gasteiger partial charge in [-0.2, -0.15) is 0 Å². The maximum Gasteiger partial charge on any atom is 0.306 e. The van der Waals surface area contributed by atoms with Crippen molar-refractivity contribution in [3.05, 3.63) is 0 Å². The van der Waals surface area contributed by atoms with Crippen molar-refractivity contribution in [3.8, 4) is 0 Å². The molecule has 0 bridgehead atoms. The highest BCUT2D eigenvalue weighted by atomic mass is 16.4. The summed E-state index contributed by atoms with van der Waals surface area (Å²) < 4.78 is 0. The van der Waals surface area contributed by atoms with Gasteiger partial charge in [0.1, 0.15) is 0 Å². The number of carboxylic acid groups (broad SMARTS) is 1. The quantitative estimate of drug-likeness (QED) is 0.550. The normalized spacial score (nSPS) is 27.6. The smallest absolute Gasteiger partial charge is 0.306 e. The molecule has 2 unspecified atom stereocenters. The lowest BCUT2D eigenvalue weighted by Crippen LogP contribution is -2.43. The van der Waals surface area contributed by atoms with Crippen LogP contribution in [0.25, 0.3) is 0 Å². The SMILES string of the molecule is CC(O)(CNC(=O)C1CC12CCNCC2)CC(=O)O. The molecule has 1 aliphatic carbocycles. The summed E-state index contributed by atoms with van der Waals surface area (Å²) in [4.78, 5) is 22.6. The third-order valence-electron chi connectivity index (χ3n) is 4.28. The number of nitrogens with one attached hydrogen (secondary N) is 2. The first-order valence-electron chi connectivity index (χ1n) is 6.77. The van der Waals surface area contributed by atoms with Crippen molar-refractivity contribution >= 4 is 11.9 Å². The van der Waals surface area contributed by atoms with Gasteiger partial charge in [0.25, 0.3) is 0 Å². The fraction of sp³-hybridized carbons (Fsp3) is 0.846. The van der Waals surface area contributed by atoms with Crippen LogP contribution in [0.4, 0.5) is 0 Å². The molecule has 2 rings (SSSR count). The van der Waals surface area contributed by atoms with E-state index in [1.807, 2.05) is 0 Å². The van der Waals surface area contributed by atoms with E-state index in [0.717, 1.165) is 32.4 Å². The maximum absolute atomic E-state index is 12.0. The number of hydrogen-bond acceptors (Lipinski definition) is 4. The Morgan fingerprint density at radius 1 is 1.42 bits per heavy atom. The van der Waals surface area contributed by atoms with Gasteiger partial charge in [-0.05, 0) is 44.7 Å². The van der Waals surface area contributed by atoms with Crippen LogP contribution >= 0.6 is 0 Å². The van der Waals surface area contributed by atoms with Crippen LogP contribution in [0.1, 0.15) is 32.6 Å². The summed E-state index contributed by atoms with van der Waals surface area (Å²) in [7, 11) is 0. The number of aliphatic hydroxyl groups is 1. The summed E-state index contributed by atoms with van der Waals surface area (Å²) in [5.41, 5.74) is -1.23. The number of piperidine rings is 1. The molecule has 1 heterocycles. The molecular formula is C13H22N2O4. The van der Waals surface area contributed by atoms with Crippen LogP contribution in [0.3, 0.4) is 0 Å². The number of carbonyl (C=O) groups excluding carboxylic acids is 1. The molecule has 1 saturated carbocycles. The van der Waals surface area contributed by atoms with Gasteiger partial charge < -0.3 is 20.8 Å². The third kappa shape index (κ3) is 3.45. The van der Waals surface area contributed by atoms with Crippen molar-refractivity contribution in [1.82, 2.24) is 10.6 Å². The summed E-state index contributed by atoms with van der Waals surface area (Å²) in [6.45, 7) is 3.33. The molecule has 0 aromatic heterocycles. The Labute approximate surface area is 112 Å². The largest absolute Gasteiger partial charge is 0.481 e. The van der Waals surface area contributed by atoms with Crippen LogP contribution < -0.4 is 10.6 Å². The van der Waals surface area contributed by atoms with E-state index in [2.05, 4.69) is 10.6 Å². The second kappa shape index (κ2) is 5.09. The topological polar surface area (TPSA) is 98.7 Å². The second-order valence-corrected chi connectivity index (χ2v) is 6.15. The maximum atomic E-state index is 12.0. The monoisotopic (exact) mass is 270 g/mol. The lowest BCUT2D eigenvalue weighted by molar-refractivity contribution is -0.142. The van der Waals surface area contributed by atoms with Crippen molar-refractivity contribution in [3.63, 3.8) is 0 Å². The summed E-state index contributed by atoms with van der Waals surface area (Å²) >= 11 is 0. The van der Waals surface area contributed by atoms with Crippen LogP contribution in [-0.2, 0) is 9.59 Å². The average Bonchev–Trinajstić information content (AvgIpc) is 2.99. The minimum atomic E-state index is -1.39. The molecule has 1 spiro atoms. The predicted molar refractivity (Wildman–Crippen MR) is 68.5 cm³/mol. The summed E-state index contributed by atoms with van der Waals surface area (Å²) in [6.07, 6.45) is 2.60. The molecule has 0 radical (unpaired) electrons. The Bertz CT molecular complexity index is 375. The van der Waals surface area contributed by atoms with Gasteiger partial charge in [0, 0.05) is 12.5 Å². The van der Waals surface area contributed by atoms with E-state index in [4.69, 9.17) is 5.11 Å². The van der Waals surface area contributed by atoms with Gasteiger partial charge in [0.05, 0.1) is 12.0 Å². The van der Waals surface area contributed by atoms with Gasteiger partial charge in [0.15, 0.2) is 0 Å².